The van der Waals surface area contributed by atoms with Crippen molar-refractivity contribution in [2.75, 3.05) is 6.54 Å². The Kier molecular flexibility index (Phi) is 16.0. The van der Waals surface area contributed by atoms with Gasteiger partial charge in [0.05, 0.1) is 17.1 Å². The average Bonchev–Trinajstić information content (AvgIpc) is 3.19. The molecule has 10 N–H and O–H groups in total. The maximum absolute atomic E-state index is 14.1. The summed E-state index contributed by atoms with van der Waals surface area (Å²) in [7, 11) is 0. The van der Waals surface area contributed by atoms with Gasteiger partial charge in [0.25, 0.3) is 11.8 Å². The van der Waals surface area contributed by atoms with Crippen molar-refractivity contribution in [3.05, 3.63) is 95.6 Å². The molecule has 1 saturated carbocycles. The Morgan fingerprint density at radius 1 is 0.754 bits per heavy atom. The molecule has 308 valence electrons. The molecule has 57 heavy (non-hydrogen) atoms. The highest BCUT2D eigenvalue weighted by atomic mass is 16.3. The number of amides is 5. The number of aliphatic hydroxyl groups is 1. The highest BCUT2D eigenvalue weighted by molar-refractivity contribution is 5.98. The number of hydrogen-bond donors (Lipinski definition) is 9. The van der Waals surface area contributed by atoms with Gasteiger partial charge in [-0.05, 0) is 66.8 Å². The summed E-state index contributed by atoms with van der Waals surface area (Å²) in [6, 6.07) is 17.7. The van der Waals surface area contributed by atoms with Gasteiger partial charge in [-0.2, -0.15) is 0 Å². The minimum Gasteiger partial charge on any atom is -0.508 e. The van der Waals surface area contributed by atoms with Crippen LogP contribution in [-0.2, 0) is 31.1 Å². The van der Waals surface area contributed by atoms with Crippen LogP contribution in [0.2, 0.25) is 0 Å². The lowest BCUT2D eigenvalue weighted by Crippen LogP contribution is -2.61. The second-order valence-corrected chi connectivity index (χ2v) is 15.7. The maximum atomic E-state index is 14.1. The third-order valence-corrected chi connectivity index (χ3v) is 10.3. The summed E-state index contributed by atoms with van der Waals surface area (Å²) < 4.78 is 0. The van der Waals surface area contributed by atoms with Gasteiger partial charge in [-0.1, -0.05) is 108 Å². The lowest BCUT2D eigenvalue weighted by Gasteiger charge is -2.40. The van der Waals surface area contributed by atoms with Crippen LogP contribution >= 0.6 is 0 Å². The van der Waals surface area contributed by atoms with Gasteiger partial charge in [0, 0.05) is 6.54 Å². The number of benzene rings is 3. The number of carbonyl (C=O) groups is 5. The SMILES string of the molecule is CC(C)C[C@H](NC(=O)[C@@H](NC(=O)[C@@H](N)CNC(=O)c1cc(O)ccc1O)C(C)C)C(=O)N[C@@H](Cc1ccccc1)[C@@H](O)C(=O)NC1(c2ccccc2)CCCCC1. The van der Waals surface area contributed by atoms with Crippen LogP contribution in [0.4, 0.5) is 0 Å². The van der Waals surface area contributed by atoms with Crippen molar-refractivity contribution in [1.82, 2.24) is 26.6 Å². The van der Waals surface area contributed by atoms with E-state index in [4.69, 9.17) is 5.73 Å². The molecule has 4 rings (SSSR count). The zero-order chi connectivity index (χ0) is 41.7. The van der Waals surface area contributed by atoms with Crippen LogP contribution < -0.4 is 32.3 Å². The maximum Gasteiger partial charge on any atom is 0.255 e. The van der Waals surface area contributed by atoms with Crippen molar-refractivity contribution >= 4 is 29.5 Å². The van der Waals surface area contributed by atoms with E-state index >= 15 is 0 Å². The first kappa shape index (κ1) is 44.2. The van der Waals surface area contributed by atoms with E-state index in [1.807, 2.05) is 74.5 Å². The Hall–Kier alpha value is -5.47. The van der Waals surface area contributed by atoms with Crippen molar-refractivity contribution < 1.29 is 39.3 Å². The minimum absolute atomic E-state index is 0.0611. The fourth-order valence-electron chi connectivity index (χ4n) is 7.14. The summed E-state index contributed by atoms with van der Waals surface area (Å²) in [6.45, 7) is 6.83. The summed E-state index contributed by atoms with van der Waals surface area (Å²) in [6.07, 6.45) is 3.01. The van der Waals surface area contributed by atoms with Crippen LogP contribution in [0.1, 0.15) is 87.7 Å². The zero-order valence-electron chi connectivity index (χ0n) is 33.2. The third-order valence-electron chi connectivity index (χ3n) is 10.3. The molecule has 0 unspecified atom stereocenters. The van der Waals surface area contributed by atoms with Gasteiger partial charge in [-0.3, -0.25) is 24.0 Å². The molecule has 5 atom stereocenters. The number of hydrogen-bond acceptors (Lipinski definition) is 9. The number of carbonyl (C=O) groups excluding carboxylic acids is 5. The average molecular weight is 787 g/mol. The molecule has 0 radical (unpaired) electrons. The standard InChI is InChI=1S/C43H58N6O8/c1-26(2)22-34(47-41(56)36(27(3)4)48-39(54)32(44)25-45-38(53)31-24-30(50)18-19-35(31)51)40(55)46-33(23-28-14-8-5-9-15-28)37(52)42(57)49-43(20-12-7-13-21-43)29-16-10-6-11-17-29/h5-6,8-11,14-19,24,26-27,32-34,36-37,50-52H,7,12-13,20-23,25,44H2,1-4H3,(H,45,53)(H,46,55)(H,47,56)(H,48,54)(H,49,57)/t32-,33-,34-,36-,37+/m0/s1. The second-order valence-electron chi connectivity index (χ2n) is 15.7. The Morgan fingerprint density at radius 2 is 1.39 bits per heavy atom. The van der Waals surface area contributed by atoms with E-state index in [0.29, 0.717) is 12.8 Å². The fourth-order valence-corrected chi connectivity index (χ4v) is 7.14. The number of phenols is 2. The Labute approximate surface area is 334 Å². The molecule has 1 aliphatic rings. The molecule has 14 heteroatoms. The molecule has 0 spiro atoms. The largest absolute Gasteiger partial charge is 0.508 e. The van der Waals surface area contributed by atoms with Gasteiger partial charge in [0.1, 0.15) is 29.6 Å². The van der Waals surface area contributed by atoms with Gasteiger partial charge in [0.2, 0.25) is 17.7 Å². The van der Waals surface area contributed by atoms with Crippen molar-refractivity contribution in [3.63, 3.8) is 0 Å². The number of aliphatic hydroxyl groups excluding tert-OH is 1. The lowest BCUT2D eigenvalue weighted by atomic mass is 9.76. The normalized spacial score (nSPS) is 16.4. The molecular formula is C43H58N6O8. The summed E-state index contributed by atoms with van der Waals surface area (Å²) in [4.78, 5) is 67.6. The summed E-state index contributed by atoms with van der Waals surface area (Å²) in [5.74, 6) is -4.52. The van der Waals surface area contributed by atoms with E-state index in [2.05, 4.69) is 26.6 Å². The van der Waals surface area contributed by atoms with Gasteiger partial charge in [-0.15, -0.1) is 0 Å². The number of rotatable bonds is 18. The molecular weight excluding hydrogens is 729 g/mol. The van der Waals surface area contributed by atoms with Crippen LogP contribution in [0.25, 0.3) is 0 Å². The molecule has 0 heterocycles. The first-order valence-electron chi connectivity index (χ1n) is 19.7. The highest BCUT2D eigenvalue weighted by Gasteiger charge is 2.39. The van der Waals surface area contributed by atoms with Crippen LogP contribution in [0.5, 0.6) is 11.5 Å². The molecule has 1 aliphatic carbocycles. The predicted octanol–water partition coefficient (Wildman–Crippen LogP) is 2.89. The van der Waals surface area contributed by atoms with Crippen molar-refractivity contribution in [2.45, 2.75) is 108 Å². The van der Waals surface area contributed by atoms with Gasteiger partial charge in [0.15, 0.2) is 6.10 Å². The van der Waals surface area contributed by atoms with E-state index in [1.165, 1.54) is 6.07 Å². The van der Waals surface area contributed by atoms with Crippen LogP contribution in [0.3, 0.4) is 0 Å². The number of aromatic hydroxyl groups is 2. The van der Waals surface area contributed by atoms with E-state index in [0.717, 1.165) is 42.5 Å². The number of nitrogens with two attached hydrogens (primary N) is 1. The molecule has 0 saturated heterocycles. The van der Waals surface area contributed by atoms with Crippen molar-refractivity contribution in [1.29, 1.82) is 0 Å². The number of phenolic OH excluding ortho intramolecular Hbond substituents is 2. The first-order valence-corrected chi connectivity index (χ1v) is 19.7. The summed E-state index contributed by atoms with van der Waals surface area (Å²) in [5.41, 5.74) is 6.92. The molecule has 1 fully saturated rings. The van der Waals surface area contributed by atoms with Crippen LogP contribution in [0, 0.1) is 11.8 Å². The zero-order valence-corrected chi connectivity index (χ0v) is 33.2. The molecule has 5 amide bonds. The fraction of sp³-hybridized carbons (Fsp3) is 0.465. The molecule has 0 bridgehead atoms. The molecule has 14 nitrogen and oxygen atoms in total. The Balaban J connectivity index is 1.47. The summed E-state index contributed by atoms with van der Waals surface area (Å²) >= 11 is 0. The van der Waals surface area contributed by atoms with Gasteiger partial charge >= 0.3 is 0 Å². The predicted molar refractivity (Wildman–Crippen MR) is 216 cm³/mol. The third kappa shape index (κ3) is 12.5. The van der Waals surface area contributed by atoms with E-state index in [-0.39, 0.29) is 42.4 Å². The van der Waals surface area contributed by atoms with Crippen molar-refractivity contribution in [3.8, 4) is 11.5 Å². The Bertz CT molecular complexity index is 1820. The Morgan fingerprint density at radius 3 is 2.00 bits per heavy atom. The summed E-state index contributed by atoms with van der Waals surface area (Å²) in [5, 5.41) is 45.2. The van der Waals surface area contributed by atoms with Gasteiger partial charge in [-0.25, -0.2) is 0 Å². The number of nitrogens with one attached hydrogen (secondary N) is 5. The van der Waals surface area contributed by atoms with Gasteiger partial charge < -0.3 is 47.6 Å². The van der Waals surface area contributed by atoms with E-state index < -0.39 is 71.3 Å². The quantitative estimate of drug-likeness (QED) is 0.0862. The van der Waals surface area contributed by atoms with Crippen LogP contribution in [-0.4, -0.2) is 81.7 Å². The molecule has 0 aliphatic heterocycles. The first-order chi connectivity index (χ1) is 27.1. The topological polar surface area (TPSA) is 232 Å². The molecule has 3 aromatic rings. The monoisotopic (exact) mass is 786 g/mol. The van der Waals surface area contributed by atoms with Crippen LogP contribution in [0.15, 0.2) is 78.9 Å². The van der Waals surface area contributed by atoms with E-state index in [9.17, 15) is 39.3 Å². The van der Waals surface area contributed by atoms with Crippen molar-refractivity contribution in [2.24, 2.45) is 17.6 Å². The molecule has 0 aromatic heterocycles. The highest BCUT2D eigenvalue weighted by Crippen LogP contribution is 2.37. The minimum atomic E-state index is -1.63. The lowest BCUT2D eigenvalue weighted by molar-refractivity contribution is -0.136. The molecule has 3 aromatic carbocycles. The smallest absolute Gasteiger partial charge is 0.255 e. The second kappa shape index (κ2) is 20.6. The van der Waals surface area contributed by atoms with E-state index in [1.54, 1.807) is 13.8 Å².